The Morgan fingerprint density at radius 1 is 1.37 bits per heavy atom. The molecule has 0 radical (unpaired) electrons. The van der Waals surface area contributed by atoms with E-state index in [1.54, 1.807) is 19.2 Å². The van der Waals surface area contributed by atoms with Gasteiger partial charge in [-0.2, -0.15) is 5.10 Å². The zero-order valence-corrected chi connectivity index (χ0v) is 17.4. The first kappa shape index (κ1) is 20.1. The minimum Gasteiger partial charge on any atom is -0.369 e. The molecule has 4 rings (SSSR count). The summed E-state index contributed by atoms with van der Waals surface area (Å²) in [6.45, 7) is 4.84. The van der Waals surface area contributed by atoms with Gasteiger partial charge in [-0.15, -0.1) is 0 Å². The summed E-state index contributed by atoms with van der Waals surface area (Å²) in [5, 5.41) is 20.4. The van der Waals surface area contributed by atoms with E-state index in [4.69, 9.17) is 0 Å². The van der Waals surface area contributed by atoms with Crippen LogP contribution >= 0.6 is 0 Å². The Labute approximate surface area is 175 Å². The molecule has 1 aliphatic heterocycles. The third kappa shape index (κ3) is 3.81. The van der Waals surface area contributed by atoms with Gasteiger partial charge < -0.3 is 15.3 Å². The molecule has 2 aromatic heterocycles. The summed E-state index contributed by atoms with van der Waals surface area (Å²) in [5.74, 6) is 5.11. The van der Waals surface area contributed by atoms with Crippen molar-refractivity contribution >= 4 is 17.6 Å². The summed E-state index contributed by atoms with van der Waals surface area (Å²) in [5.41, 5.74) is 1.39. The molecule has 2 amide bonds. The fourth-order valence-corrected chi connectivity index (χ4v) is 3.91. The van der Waals surface area contributed by atoms with Gasteiger partial charge in [-0.25, -0.2) is 4.98 Å². The van der Waals surface area contributed by atoms with Crippen molar-refractivity contribution < 1.29 is 14.7 Å². The van der Waals surface area contributed by atoms with Gasteiger partial charge in [-0.1, -0.05) is 25.7 Å². The minimum atomic E-state index is -1.66. The number of pyridine rings is 1. The molecule has 8 nitrogen and oxygen atoms in total. The van der Waals surface area contributed by atoms with E-state index < -0.39 is 11.5 Å². The molecule has 1 fully saturated rings. The molecule has 156 valence electrons. The van der Waals surface area contributed by atoms with Crippen LogP contribution in [0.15, 0.2) is 18.3 Å². The highest BCUT2D eigenvalue weighted by Crippen LogP contribution is 2.35. The van der Waals surface area contributed by atoms with Gasteiger partial charge in [-0.05, 0) is 36.8 Å². The van der Waals surface area contributed by atoms with E-state index in [1.165, 1.54) is 11.1 Å². The predicted molar refractivity (Wildman–Crippen MR) is 111 cm³/mol. The molecule has 8 heteroatoms. The second-order valence-corrected chi connectivity index (χ2v) is 8.84. The molecule has 30 heavy (non-hydrogen) atoms. The van der Waals surface area contributed by atoms with E-state index in [0.717, 1.165) is 30.5 Å². The molecular weight excluding hydrogens is 382 g/mol. The number of likely N-dealkylation sites (tertiary alicyclic amines) is 1. The lowest BCUT2D eigenvalue weighted by molar-refractivity contribution is -0.137. The zero-order valence-electron chi connectivity index (χ0n) is 17.4. The topological polar surface area (TPSA) is 111 Å². The predicted octanol–water partition coefficient (Wildman–Crippen LogP) is 1.52. The van der Waals surface area contributed by atoms with Crippen molar-refractivity contribution in [2.24, 2.45) is 5.41 Å². The second-order valence-electron chi connectivity index (χ2n) is 8.84. The summed E-state index contributed by atoms with van der Waals surface area (Å²) in [4.78, 5) is 30.5. The lowest BCUT2D eigenvalue weighted by atomic mass is 9.76. The third-order valence-electron chi connectivity index (χ3n) is 5.80. The Balaban J connectivity index is 1.51. The number of anilines is 1. The Bertz CT molecular complexity index is 1080. The quantitative estimate of drug-likeness (QED) is 0.654. The highest BCUT2D eigenvalue weighted by atomic mass is 16.3. The Morgan fingerprint density at radius 2 is 2.17 bits per heavy atom. The van der Waals surface area contributed by atoms with Crippen LogP contribution in [0.3, 0.4) is 0 Å². The second kappa shape index (κ2) is 7.26. The van der Waals surface area contributed by atoms with Crippen molar-refractivity contribution in [3.05, 3.63) is 40.8 Å². The number of carbonyl (C=O) groups excluding carboxylic acids is 2. The molecule has 1 atom stereocenters. The summed E-state index contributed by atoms with van der Waals surface area (Å²) in [6.07, 6.45) is 4.51. The molecule has 0 bridgehead atoms. The van der Waals surface area contributed by atoms with Crippen LogP contribution in [0, 0.1) is 17.3 Å². The van der Waals surface area contributed by atoms with E-state index in [9.17, 15) is 14.7 Å². The van der Waals surface area contributed by atoms with Crippen molar-refractivity contribution in [3.8, 4) is 11.8 Å². The number of nitrogens with zero attached hydrogens (tertiary/aromatic N) is 3. The number of H-pyrrole nitrogens is 1. The van der Waals surface area contributed by atoms with Crippen LogP contribution in [0.5, 0.6) is 0 Å². The monoisotopic (exact) mass is 407 g/mol. The fourth-order valence-electron chi connectivity index (χ4n) is 3.91. The van der Waals surface area contributed by atoms with E-state index >= 15 is 0 Å². The normalized spacial score (nSPS) is 22.3. The standard InChI is InChI=1S/C22H25N5O3/c1-21(2)7-5-16-15(13-21)18(26-25-16)19(28)24-17-12-14(6-10-23-17)4-8-22(30)9-11-27(3)20(22)29/h6,10,12,30H,5,7,9,11,13H2,1-3H3,(H,25,26)(H,23,24,28)/t22-/m0/s1. The molecule has 3 heterocycles. The summed E-state index contributed by atoms with van der Waals surface area (Å²) >= 11 is 0. The average molecular weight is 407 g/mol. The van der Waals surface area contributed by atoms with Gasteiger partial charge in [0.1, 0.15) is 5.82 Å². The van der Waals surface area contributed by atoms with E-state index in [2.05, 4.69) is 46.2 Å². The lowest BCUT2D eigenvalue weighted by Gasteiger charge is -2.29. The Morgan fingerprint density at radius 3 is 2.90 bits per heavy atom. The first-order chi connectivity index (χ1) is 14.2. The minimum absolute atomic E-state index is 0.131. The number of aromatic amines is 1. The maximum atomic E-state index is 12.8. The number of aliphatic hydroxyl groups is 1. The molecule has 1 saturated heterocycles. The van der Waals surface area contributed by atoms with Crippen LogP contribution in [0.2, 0.25) is 0 Å². The van der Waals surface area contributed by atoms with Crippen LogP contribution in [0.4, 0.5) is 5.82 Å². The average Bonchev–Trinajstić information content (AvgIpc) is 3.22. The number of amides is 2. The Hall–Kier alpha value is -3.18. The number of aromatic nitrogens is 3. The number of hydrogen-bond donors (Lipinski definition) is 3. The van der Waals surface area contributed by atoms with Crippen molar-refractivity contribution in [1.29, 1.82) is 0 Å². The van der Waals surface area contributed by atoms with Crippen molar-refractivity contribution in [3.63, 3.8) is 0 Å². The first-order valence-electron chi connectivity index (χ1n) is 10.0. The SMILES string of the molecule is CN1CC[C@@](O)(C#Cc2ccnc(NC(=O)c3n[nH]c4c3CC(C)(C)CC4)c2)C1=O. The number of fused-ring (bicyclic) bond motifs is 1. The van der Waals surface area contributed by atoms with Gasteiger partial charge in [0, 0.05) is 43.0 Å². The van der Waals surface area contributed by atoms with Gasteiger partial charge in [-0.3, -0.25) is 14.7 Å². The van der Waals surface area contributed by atoms with Gasteiger partial charge in [0.05, 0.1) is 0 Å². The maximum Gasteiger partial charge on any atom is 0.277 e. The lowest BCUT2D eigenvalue weighted by Crippen LogP contribution is -2.37. The van der Waals surface area contributed by atoms with Crippen molar-refractivity contribution in [2.75, 3.05) is 18.9 Å². The Kier molecular flexibility index (Phi) is 4.86. The molecule has 0 spiro atoms. The molecular formula is C22H25N5O3. The molecule has 3 N–H and O–H groups in total. The summed E-state index contributed by atoms with van der Waals surface area (Å²) < 4.78 is 0. The van der Waals surface area contributed by atoms with E-state index in [0.29, 0.717) is 23.6 Å². The largest absolute Gasteiger partial charge is 0.369 e. The molecule has 0 aromatic carbocycles. The summed E-state index contributed by atoms with van der Waals surface area (Å²) in [7, 11) is 1.64. The number of carbonyl (C=O) groups is 2. The summed E-state index contributed by atoms with van der Waals surface area (Å²) in [6, 6.07) is 3.27. The fraction of sp³-hybridized carbons (Fsp3) is 0.455. The third-order valence-corrected chi connectivity index (χ3v) is 5.80. The smallest absolute Gasteiger partial charge is 0.277 e. The van der Waals surface area contributed by atoms with Crippen LogP contribution in [0.1, 0.15) is 54.0 Å². The van der Waals surface area contributed by atoms with Crippen LogP contribution in [-0.2, 0) is 17.6 Å². The zero-order chi connectivity index (χ0) is 21.5. The van der Waals surface area contributed by atoms with Gasteiger partial charge in [0.15, 0.2) is 5.69 Å². The van der Waals surface area contributed by atoms with E-state index in [-0.39, 0.29) is 17.7 Å². The number of hydrogen-bond acceptors (Lipinski definition) is 5. The molecule has 0 unspecified atom stereocenters. The first-order valence-corrected chi connectivity index (χ1v) is 10.0. The van der Waals surface area contributed by atoms with Crippen molar-refractivity contribution in [2.45, 2.75) is 45.1 Å². The number of nitrogens with one attached hydrogen (secondary N) is 2. The number of rotatable bonds is 2. The molecule has 2 aromatic rings. The molecule has 0 saturated carbocycles. The molecule has 2 aliphatic rings. The van der Waals surface area contributed by atoms with Gasteiger partial charge in [0.2, 0.25) is 5.60 Å². The van der Waals surface area contributed by atoms with Crippen molar-refractivity contribution in [1.82, 2.24) is 20.1 Å². The highest BCUT2D eigenvalue weighted by Gasteiger charge is 2.42. The van der Waals surface area contributed by atoms with Crippen LogP contribution in [0.25, 0.3) is 0 Å². The molecule has 1 aliphatic carbocycles. The van der Waals surface area contributed by atoms with Crippen LogP contribution in [-0.4, -0.2) is 56.2 Å². The van der Waals surface area contributed by atoms with E-state index in [1.807, 2.05) is 0 Å². The number of aryl methyl sites for hydroxylation is 1. The van der Waals surface area contributed by atoms with Gasteiger partial charge in [0.25, 0.3) is 11.8 Å². The van der Waals surface area contributed by atoms with Gasteiger partial charge >= 0.3 is 0 Å². The van der Waals surface area contributed by atoms with Crippen LogP contribution < -0.4 is 5.32 Å². The highest BCUT2D eigenvalue weighted by molar-refractivity contribution is 6.03. The number of likely N-dealkylation sites (N-methyl/N-ethyl adjacent to an activating group) is 1. The maximum absolute atomic E-state index is 12.8.